The van der Waals surface area contributed by atoms with Gasteiger partial charge in [0, 0.05) is 37.4 Å². The van der Waals surface area contributed by atoms with Gasteiger partial charge in [0.2, 0.25) is 5.82 Å². The van der Waals surface area contributed by atoms with Gasteiger partial charge in [-0.2, -0.15) is 4.98 Å². The average molecular weight is 455 g/mol. The lowest BCUT2D eigenvalue weighted by molar-refractivity contribution is -0.133. The smallest absolute Gasteiger partial charge is 0.262 e. The summed E-state index contributed by atoms with van der Waals surface area (Å²) < 4.78 is 11.4. The van der Waals surface area contributed by atoms with E-state index in [-0.39, 0.29) is 12.5 Å². The Labute approximate surface area is 198 Å². The van der Waals surface area contributed by atoms with E-state index in [1.165, 1.54) is 5.69 Å². The summed E-state index contributed by atoms with van der Waals surface area (Å²) in [7, 11) is 0. The molecule has 1 fully saturated rings. The monoisotopic (exact) mass is 454 g/mol. The molecule has 1 aliphatic heterocycles. The number of ether oxygens (including phenoxy) is 1. The fourth-order valence-corrected chi connectivity index (χ4v) is 4.01. The summed E-state index contributed by atoms with van der Waals surface area (Å²) in [5.74, 6) is 1.37. The molecule has 7 heteroatoms. The number of piperazine rings is 1. The molecule has 1 saturated heterocycles. The normalized spacial score (nSPS) is 13.7. The fraction of sp³-hybridized carbons (Fsp3) is 0.222. The third kappa shape index (κ3) is 4.78. The Kier molecular flexibility index (Phi) is 6.25. The number of amides is 1. The zero-order valence-electron chi connectivity index (χ0n) is 19.1. The third-order valence-electron chi connectivity index (χ3n) is 5.96. The number of nitrogens with zero attached hydrogens (tertiary/aromatic N) is 4. The van der Waals surface area contributed by atoms with Crippen molar-refractivity contribution in [3.63, 3.8) is 0 Å². The Morgan fingerprint density at radius 1 is 0.912 bits per heavy atom. The molecule has 1 aromatic heterocycles. The summed E-state index contributed by atoms with van der Waals surface area (Å²) in [6.07, 6.45) is 0. The minimum atomic E-state index is -0.0404. The number of aryl methyl sites for hydroxylation is 1. The molecule has 0 atom stereocenters. The molecule has 3 aromatic carbocycles. The predicted molar refractivity (Wildman–Crippen MR) is 131 cm³/mol. The van der Waals surface area contributed by atoms with E-state index in [1.54, 1.807) is 0 Å². The van der Waals surface area contributed by atoms with Crippen LogP contribution in [0.2, 0.25) is 0 Å². The highest BCUT2D eigenvalue weighted by Crippen LogP contribution is 2.30. The Bertz CT molecular complexity index is 1250. The second-order valence-electron chi connectivity index (χ2n) is 8.28. The van der Waals surface area contributed by atoms with Gasteiger partial charge in [-0.25, -0.2) is 0 Å². The van der Waals surface area contributed by atoms with Crippen LogP contribution in [-0.4, -0.2) is 53.7 Å². The van der Waals surface area contributed by atoms with E-state index >= 15 is 0 Å². The van der Waals surface area contributed by atoms with Gasteiger partial charge in [-0.05, 0) is 31.2 Å². The van der Waals surface area contributed by atoms with Crippen molar-refractivity contribution in [2.75, 3.05) is 37.7 Å². The molecule has 0 radical (unpaired) electrons. The summed E-state index contributed by atoms with van der Waals surface area (Å²) in [4.78, 5) is 21.5. The van der Waals surface area contributed by atoms with Gasteiger partial charge in [-0.1, -0.05) is 65.3 Å². The van der Waals surface area contributed by atoms with Crippen molar-refractivity contribution in [3.05, 3.63) is 84.4 Å². The number of carbonyl (C=O) groups excluding carboxylic acids is 1. The first-order valence-corrected chi connectivity index (χ1v) is 11.4. The molecule has 34 heavy (non-hydrogen) atoms. The van der Waals surface area contributed by atoms with Gasteiger partial charge in [0.1, 0.15) is 5.75 Å². The molecule has 0 aliphatic carbocycles. The molecule has 5 rings (SSSR count). The molecule has 0 saturated carbocycles. The molecule has 7 nitrogen and oxygen atoms in total. The van der Waals surface area contributed by atoms with Crippen LogP contribution in [0.1, 0.15) is 5.56 Å². The van der Waals surface area contributed by atoms with Crippen molar-refractivity contribution in [2.24, 2.45) is 0 Å². The SMILES string of the molecule is Cc1ccc(-c2noc(-c3ccccc3OCC(=O)N3CCN(c4ccccc4)CC3)n2)cc1. The van der Waals surface area contributed by atoms with Crippen LogP contribution in [0.5, 0.6) is 5.75 Å². The summed E-state index contributed by atoms with van der Waals surface area (Å²) in [6, 6.07) is 25.6. The predicted octanol–water partition coefficient (Wildman–Crippen LogP) is 4.44. The summed E-state index contributed by atoms with van der Waals surface area (Å²) in [5.41, 5.74) is 3.89. The van der Waals surface area contributed by atoms with Crippen LogP contribution in [0.3, 0.4) is 0 Å². The van der Waals surface area contributed by atoms with Crippen LogP contribution in [-0.2, 0) is 4.79 Å². The van der Waals surface area contributed by atoms with Crippen molar-refractivity contribution in [1.29, 1.82) is 0 Å². The molecular formula is C27H26N4O3. The zero-order valence-corrected chi connectivity index (χ0v) is 19.1. The molecule has 172 valence electrons. The topological polar surface area (TPSA) is 71.7 Å². The Balaban J connectivity index is 1.22. The maximum Gasteiger partial charge on any atom is 0.262 e. The highest BCUT2D eigenvalue weighted by molar-refractivity contribution is 5.78. The van der Waals surface area contributed by atoms with Crippen LogP contribution < -0.4 is 9.64 Å². The first kappa shape index (κ1) is 21.7. The van der Waals surface area contributed by atoms with E-state index in [9.17, 15) is 4.79 Å². The lowest BCUT2D eigenvalue weighted by atomic mass is 10.1. The van der Waals surface area contributed by atoms with Gasteiger partial charge in [-0.3, -0.25) is 4.79 Å². The number of rotatable bonds is 6. The highest BCUT2D eigenvalue weighted by atomic mass is 16.5. The van der Waals surface area contributed by atoms with Gasteiger partial charge < -0.3 is 19.1 Å². The fourth-order valence-electron chi connectivity index (χ4n) is 4.01. The van der Waals surface area contributed by atoms with Gasteiger partial charge >= 0.3 is 0 Å². The minimum absolute atomic E-state index is 0.0339. The lowest BCUT2D eigenvalue weighted by Crippen LogP contribution is -2.50. The van der Waals surface area contributed by atoms with Crippen LogP contribution in [0, 0.1) is 6.92 Å². The molecule has 2 heterocycles. The van der Waals surface area contributed by atoms with E-state index < -0.39 is 0 Å². The molecule has 0 unspecified atom stereocenters. The summed E-state index contributed by atoms with van der Waals surface area (Å²) >= 11 is 0. The minimum Gasteiger partial charge on any atom is -0.483 e. The van der Waals surface area contributed by atoms with Crippen molar-refractivity contribution in [1.82, 2.24) is 15.0 Å². The molecule has 4 aromatic rings. The van der Waals surface area contributed by atoms with E-state index in [2.05, 4.69) is 27.2 Å². The Morgan fingerprint density at radius 2 is 1.62 bits per heavy atom. The second-order valence-corrected chi connectivity index (χ2v) is 8.28. The molecule has 1 amide bonds. The van der Waals surface area contributed by atoms with Gasteiger partial charge in [0.05, 0.1) is 5.56 Å². The first-order chi connectivity index (χ1) is 16.7. The summed E-state index contributed by atoms with van der Waals surface area (Å²) in [5, 5.41) is 4.11. The maximum atomic E-state index is 12.8. The lowest BCUT2D eigenvalue weighted by Gasteiger charge is -2.36. The van der Waals surface area contributed by atoms with Crippen molar-refractivity contribution in [3.8, 4) is 28.6 Å². The number of aromatic nitrogens is 2. The Morgan fingerprint density at radius 3 is 2.38 bits per heavy atom. The third-order valence-corrected chi connectivity index (χ3v) is 5.96. The second kappa shape index (κ2) is 9.79. The van der Waals surface area contributed by atoms with E-state index in [0.717, 1.165) is 24.2 Å². The molecule has 0 bridgehead atoms. The zero-order chi connectivity index (χ0) is 23.3. The quantitative estimate of drug-likeness (QED) is 0.429. The van der Waals surface area contributed by atoms with E-state index in [4.69, 9.17) is 9.26 Å². The van der Waals surface area contributed by atoms with Crippen molar-refractivity contribution in [2.45, 2.75) is 6.92 Å². The van der Waals surface area contributed by atoms with E-state index in [0.29, 0.717) is 36.1 Å². The van der Waals surface area contributed by atoms with Crippen LogP contribution >= 0.6 is 0 Å². The molecule has 1 aliphatic rings. The van der Waals surface area contributed by atoms with Gasteiger partial charge in [-0.15, -0.1) is 0 Å². The average Bonchev–Trinajstić information content (AvgIpc) is 3.39. The standard InChI is InChI=1S/C27H26N4O3/c1-20-11-13-21(14-12-20)26-28-27(34-29-26)23-9-5-6-10-24(23)33-19-25(32)31-17-15-30(16-18-31)22-7-3-2-4-8-22/h2-14H,15-19H2,1H3. The largest absolute Gasteiger partial charge is 0.483 e. The van der Waals surface area contributed by atoms with Crippen LogP contribution in [0.4, 0.5) is 5.69 Å². The van der Waals surface area contributed by atoms with Crippen LogP contribution in [0.15, 0.2) is 83.4 Å². The number of benzene rings is 3. The molecular weight excluding hydrogens is 428 g/mol. The van der Waals surface area contributed by atoms with Crippen molar-refractivity contribution < 1.29 is 14.1 Å². The van der Waals surface area contributed by atoms with Gasteiger partial charge in [0.25, 0.3) is 11.8 Å². The van der Waals surface area contributed by atoms with Crippen molar-refractivity contribution >= 4 is 11.6 Å². The molecule has 0 N–H and O–H groups in total. The Hall–Kier alpha value is -4.13. The summed E-state index contributed by atoms with van der Waals surface area (Å²) in [6.45, 7) is 4.93. The maximum absolute atomic E-state index is 12.8. The first-order valence-electron chi connectivity index (χ1n) is 11.4. The number of para-hydroxylation sites is 2. The number of anilines is 1. The highest BCUT2D eigenvalue weighted by Gasteiger charge is 2.22. The number of carbonyl (C=O) groups is 1. The van der Waals surface area contributed by atoms with Gasteiger partial charge in [0.15, 0.2) is 6.61 Å². The van der Waals surface area contributed by atoms with Crippen LogP contribution in [0.25, 0.3) is 22.8 Å². The number of hydrogen-bond acceptors (Lipinski definition) is 6. The molecule has 0 spiro atoms. The number of hydrogen-bond donors (Lipinski definition) is 0. The van der Waals surface area contributed by atoms with E-state index in [1.807, 2.05) is 78.6 Å².